The van der Waals surface area contributed by atoms with Crippen molar-refractivity contribution in [3.05, 3.63) is 45.1 Å². The lowest BCUT2D eigenvalue weighted by Gasteiger charge is -2.13. The molecular formula is C12H14N4O2S. The number of nitrogens with one attached hydrogen (secondary N) is 2. The SMILES string of the molecule is CC(CSC(=N)N)n1c(=O)[nH]c2ccccc2c1=O. The molecule has 1 atom stereocenters. The minimum atomic E-state index is -0.444. The van der Waals surface area contributed by atoms with Crippen molar-refractivity contribution < 1.29 is 0 Å². The maximum absolute atomic E-state index is 12.3. The Hall–Kier alpha value is -2.02. The Labute approximate surface area is 113 Å². The highest BCUT2D eigenvalue weighted by Gasteiger charge is 2.13. The highest BCUT2D eigenvalue weighted by atomic mass is 32.2. The van der Waals surface area contributed by atoms with Gasteiger partial charge in [-0.3, -0.25) is 14.8 Å². The molecule has 0 bridgehead atoms. The fourth-order valence-corrected chi connectivity index (χ4v) is 2.43. The molecule has 7 heteroatoms. The van der Waals surface area contributed by atoms with Crippen molar-refractivity contribution in [3.8, 4) is 0 Å². The van der Waals surface area contributed by atoms with Crippen LogP contribution in [0.3, 0.4) is 0 Å². The van der Waals surface area contributed by atoms with Crippen molar-refractivity contribution in [3.63, 3.8) is 0 Å². The van der Waals surface area contributed by atoms with Gasteiger partial charge in [0, 0.05) is 11.8 Å². The summed E-state index contributed by atoms with van der Waals surface area (Å²) < 4.78 is 1.16. The molecule has 2 aromatic rings. The zero-order valence-electron chi connectivity index (χ0n) is 10.3. The van der Waals surface area contributed by atoms with Gasteiger partial charge in [-0.15, -0.1) is 0 Å². The van der Waals surface area contributed by atoms with Gasteiger partial charge in [-0.05, 0) is 19.1 Å². The van der Waals surface area contributed by atoms with Crippen LogP contribution in [0.25, 0.3) is 10.9 Å². The van der Waals surface area contributed by atoms with Crippen LogP contribution in [0.2, 0.25) is 0 Å². The third kappa shape index (κ3) is 2.70. The van der Waals surface area contributed by atoms with E-state index in [1.807, 2.05) is 0 Å². The molecule has 0 aliphatic rings. The molecule has 0 saturated carbocycles. The van der Waals surface area contributed by atoms with E-state index in [0.717, 1.165) is 16.3 Å². The van der Waals surface area contributed by atoms with Gasteiger partial charge in [0.25, 0.3) is 5.56 Å². The highest BCUT2D eigenvalue weighted by molar-refractivity contribution is 8.13. The second kappa shape index (κ2) is 5.31. The maximum Gasteiger partial charge on any atom is 0.329 e. The summed E-state index contributed by atoms with van der Waals surface area (Å²) in [5, 5.41) is 7.60. The Balaban J connectivity index is 2.51. The first-order chi connectivity index (χ1) is 9.00. The van der Waals surface area contributed by atoms with E-state index in [9.17, 15) is 9.59 Å². The minimum Gasteiger partial charge on any atom is -0.379 e. The fraction of sp³-hybridized carbons (Fsp3) is 0.250. The number of H-pyrrole nitrogens is 1. The number of thioether (sulfide) groups is 1. The van der Waals surface area contributed by atoms with E-state index >= 15 is 0 Å². The Morgan fingerprint density at radius 1 is 1.47 bits per heavy atom. The fourth-order valence-electron chi connectivity index (χ4n) is 1.86. The van der Waals surface area contributed by atoms with Gasteiger partial charge in [0.1, 0.15) is 0 Å². The summed E-state index contributed by atoms with van der Waals surface area (Å²) in [6.45, 7) is 1.75. The largest absolute Gasteiger partial charge is 0.379 e. The lowest BCUT2D eigenvalue weighted by atomic mass is 10.2. The number of nitrogens with two attached hydrogens (primary N) is 1. The van der Waals surface area contributed by atoms with E-state index in [2.05, 4.69) is 4.98 Å². The van der Waals surface area contributed by atoms with Gasteiger partial charge >= 0.3 is 5.69 Å². The Morgan fingerprint density at radius 3 is 2.84 bits per heavy atom. The zero-order valence-corrected chi connectivity index (χ0v) is 11.2. The van der Waals surface area contributed by atoms with Crippen LogP contribution >= 0.6 is 11.8 Å². The number of nitrogens with zero attached hydrogens (tertiary/aromatic N) is 1. The summed E-state index contributed by atoms with van der Waals surface area (Å²) >= 11 is 1.11. The van der Waals surface area contributed by atoms with Crippen molar-refractivity contribution >= 4 is 27.8 Å². The normalized spacial score (nSPS) is 12.5. The molecule has 0 radical (unpaired) electrons. The third-order valence-electron chi connectivity index (χ3n) is 2.76. The van der Waals surface area contributed by atoms with Gasteiger partial charge in [0.15, 0.2) is 5.17 Å². The number of para-hydroxylation sites is 1. The molecule has 1 aromatic carbocycles. The standard InChI is InChI=1S/C12H14N4O2S/c1-7(6-19-11(13)14)16-10(17)8-4-2-3-5-9(8)15-12(16)18/h2-5,7H,6H2,1H3,(H3,13,14)(H,15,18). The van der Waals surface area contributed by atoms with E-state index in [0.29, 0.717) is 16.7 Å². The number of rotatable bonds is 3. The molecular weight excluding hydrogens is 264 g/mol. The number of hydrogen-bond acceptors (Lipinski definition) is 4. The molecule has 2 rings (SSSR count). The van der Waals surface area contributed by atoms with Crippen LogP contribution in [0.5, 0.6) is 0 Å². The summed E-state index contributed by atoms with van der Waals surface area (Å²) in [5.41, 5.74) is 5.02. The average molecular weight is 278 g/mol. The van der Waals surface area contributed by atoms with Crippen LogP contribution in [-0.2, 0) is 0 Å². The lowest BCUT2D eigenvalue weighted by molar-refractivity contribution is 0.561. The summed E-state index contributed by atoms with van der Waals surface area (Å²) in [6.07, 6.45) is 0. The molecule has 0 fully saturated rings. The van der Waals surface area contributed by atoms with Crippen molar-refractivity contribution in [1.82, 2.24) is 9.55 Å². The van der Waals surface area contributed by atoms with Crippen molar-refractivity contribution in [1.29, 1.82) is 5.41 Å². The summed E-state index contributed by atoms with van der Waals surface area (Å²) in [5.74, 6) is 0.399. The molecule has 4 N–H and O–H groups in total. The molecule has 0 spiro atoms. The number of aromatic nitrogens is 2. The van der Waals surface area contributed by atoms with E-state index in [1.54, 1.807) is 31.2 Å². The van der Waals surface area contributed by atoms with Gasteiger partial charge in [-0.25, -0.2) is 4.79 Å². The van der Waals surface area contributed by atoms with E-state index < -0.39 is 5.69 Å². The van der Waals surface area contributed by atoms with Gasteiger partial charge in [-0.1, -0.05) is 23.9 Å². The minimum absolute atomic E-state index is 0.0304. The van der Waals surface area contributed by atoms with Crippen molar-refractivity contribution in [2.45, 2.75) is 13.0 Å². The molecule has 1 unspecified atom stereocenters. The number of aromatic amines is 1. The maximum atomic E-state index is 12.3. The first-order valence-electron chi connectivity index (χ1n) is 5.71. The summed E-state index contributed by atoms with van der Waals surface area (Å²) in [4.78, 5) is 26.9. The molecule has 6 nitrogen and oxygen atoms in total. The van der Waals surface area contributed by atoms with Crippen LogP contribution in [0.1, 0.15) is 13.0 Å². The molecule has 0 aliphatic carbocycles. The second-order valence-corrected chi connectivity index (χ2v) is 5.24. The van der Waals surface area contributed by atoms with Crippen LogP contribution in [0.15, 0.2) is 33.9 Å². The molecule has 19 heavy (non-hydrogen) atoms. The quantitative estimate of drug-likeness (QED) is 0.572. The van der Waals surface area contributed by atoms with E-state index in [1.165, 1.54) is 0 Å². The van der Waals surface area contributed by atoms with E-state index in [4.69, 9.17) is 11.1 Å². The van der Waals surface area contributed by atoms with Crippen molar-refractivity contribution in [2.24, 2.45) is 5.73 Å². The summed E-state index contributed by atoms with van der Waals surface area (Å²) in [6, 6.07) is 6.54. The monoisotopic (exact) mass is 278 g/mol. The van der Waals surface area contributed by atoms with Crippen LogP contribution in [-0.4, -0.2) is 20.5 Å². The number of fused-ring (bicyclic) bond motifs is 1. The first kappa shape index (κ1) is 13.4. The average Bonchev–Trinajstić information content (AvgIpc) is 2.36. The summed E-state index contributed by atoms with van der Waals surface area (Å²) in [7, 11) is 0. The third-order valence-corrected chi connectivity index (χ3v) is 3.72. The number of hydrogen-bond donors (Lipinski definition) is 3. The topological polar surface area (TPSA) is 105 Å². The Bertz CT molecular complexity index is 734. The molecule has 1 heterocycles. The Kier molecular flexibility index (Phi) is 3.75. The van der Waals surface area contributed by atoms with Gasteiger partial charge in [-0.2, -0.15) is 0 Å². The van der Waals surface area contributed by atoms with Crippen molar-refractivity contribution in [2.75, 3.05) is 5.75 Å². The number of benzene rings is 1. The lowest BCUT2D eigenvalue weighted by Crippen LogP contribution is -2.38. The molecule has 100 valence electrons. The predicted molar refractivity (Wildman–Crippen MR) is 77.9 cm³/mol. The van der Waals surface area contributed by atoms with Gasteiger partial charge < -0.3 is 10.7 Å². The predicted octanol–water partition coefficient (Wildman–Crippen LogP) is 0.877. The smallest absolute Gasteiger partial charge is 0.329 e. The van der Waals surface area contributed by atoms with Crippen LogP contribution in [0.4, 0.5) is 0 Å². The Morgan fingerprint density at radius 2 is 2.16 bits per heavy atom. The molecule has 0 amide bonds. The van der Waals surface area contributed by atoms with Gasteiger partial charge in [0.05, 0.1) is 10.9 Å². The van der Waals surface area contributed by atoms with Crippen LogP contribution in [0, 0.1) is 5.41 Å². The number of amidine groups is 1. The second-order valence-electron chi connectivity index (χ2n) is 4.18. The molecule has 0 aliphatic heterocycles. The van der Waals surface area contributed by atoms with Gasteiger partial charge in [0.2, 0.25) is 0 Å². The highest BCUT2D eigenvalue weighted by Crippen LogP contribution is 2.11. The molecule has 1 aromatic heterocycles. The molecule has 0 saturated heterocycles. The first-order valence-corrected chi connectivity index (χ1v) is 6.69. The van der Waals surface area contributed by atoms with Crippen LogP contribution < -0.4 is 17.0 Å². The zero-order chi connectivity index (χ0) is 14.0. The van der Waals surface area contributed by atoms with E-state index in [-0.39, 0.29) is 16.8 Å².